The lowest BCUT2D eigenvalue weighted by atomic mass is 9.85. The van der Waals surface area contributed by atoms with Gasteiger partial charge in [-0.2, -0.15) is 0 Å². The van der Waals surface area contributed by atoms with E-state index < -0.39 is 0 Å². The van der Waals surface area contributed by atoms with Gasteiger partial charge in [-0.05, 0) is 54.7 Å². The Morgan fingerprint density at radius 2 is 1.32 bits per heavy atom. The first-order chi connectivity index (χ1) is 12.2. The van der Waals surface area contributed by atoms with Crippen LogP contribution in [0.3, 0.4) is 0 Å². The third-order valence-corrected chi connectivity index (χ3v) is 5.66. The maximum absolute atomic E-state index is 12.8. The SMILES string of the molecule is O=C1C2C3C=CC(C3)C2C(=O)N1c1ccc(Nc2ccccc2)cc1. The molecule has 1 N–H and O–H groups in total. The Morgan fingerprint density at radius 1 is 0.760 bits per heavy atom. The van der Waals surface area contributed by atoms with E-state index in [0.29, 0.717) is 5.69 Å². The molecule has 4 heteroatoms. The molecule has 2 aromatic carbocycles. The molecule has 5 rings (SSSR count). The minimum absolute atomic E-state index is 0.0318. The van der Waals surface area contributed by atoms with Gasteiger partial charge in [0.25, 0.3) is 0 Å². The van der Waals surface area contributed by atoms with Crippen LogP contribution in [-0.4, -0.2) is 11.8 Å². The standard InChI is InChI=1S/C21H18N2O2/c24-20-18-13-6-7-14(12-13)19(18)21(25)23(20)17-10-8-16(9-11-17)22-15-4-2-1-3-5-15/h1-11,13-14,18-19,22H,12H2. The first-order valence-electron chi connectivity index (χ1n) is 8.70. The molecule has 25 heavy (non-hydrogen) atoms. The van der Waals surface area contributed by atoms with Gasteiger partial charge in [-0.25, -0.2) is 0 Å². The lowest BCUT2D eigenvalue weighted by molar-refractivity contribution is -0.123. The summed E-state index contributed by atoms with van der Waals surface area (Å²) < 4.78 is 0. The van der Waals surface area contributed by atoms with E-state index in [1.165, 1.54) is 4.90 Å². The summed E-state index contributed by atoms with van der Waals surface area (Å²) in [6.45, 7) is 0. The van der Waals surface area contributed by atoms with Crippen LogP contribution in [0.25, 0.3) is 0 Å². The molecule has 124 valence electrons. The molecule has 2 amide bonds. The first-order valence-corrected chi connectivity index (χ1v) is 8.70. The number of hydrogen-bond acceptors (Lipinski definition) is 3. The van der Waals surface area contributed by atoms with Crippen molar-refractivity contribution >= 4 is 28.9 Å². The van der Waals surface area contributed by atoms with Gasteiger partial charge in [0.15, 0.2) is 0 Å². The second kappa shape index (κ2) is 5.31. The zero-order valence-corrected chi connectivity index (χ0v) is 13.6. The Hall–Kier alpha value is -2.88. The summed E-state index contributed by atoms with van der Waals surface area (Å²) in [6.07, 6.45) is 5.20. The van der Waals surface area contributed by atoms with E-state index in [4.69, 9.17) is 0 Å². The fourth-order valence-corrected chi connectivity index (χ4v) is 4.54. The number of allylic oxidation sites excluding steroid dienone is 2. The minimum atomic E-state index is -0.148. The van der Waals surface area contributed by atoms with Gasteiger partial charge in [0.2, 0.25) is 11.8 Å². The number of nitrogens with one attached hydrogen (secondary N) is 1. The number of benzene rings is 2. The second-order valence-corrected chi connectivity index (χ2v) is 7.05. The van der Waals surface area contributed by atoms with Gasteiger partial charge in [0.1, 0.15) is 0 Å². The quantitative estimate of drug-likeness (QED) is 0.689. The van der Waals surface area contributed by atoms with E-state index in [9.17, 15) is 9.59 Å². The average Bonchev–Trinajstić information content (AvgIpc) is 3.31. The fourth-order valence-electron chi connectivity index (χ4n) is 4.54. The van der Waals surface area contributed by atoms with Crippen LogP contribution in [0.1, 0.15) is 6.42 Å². The number of carbonyl (C=O) groups is 2. The normalized spacial score (nSPS) is 29.4. The second-order valence-electron chi connectivity index (χ2n) is 7.05. The summed E-state index contributed by atoms with van der Waals surface area (Å²) in [4.78, 5) is 27.0. The Labute approximate surface area is 146 Å². The van der Waals surface area contributed by atoms with Crippen molar-refractivity contribution in [3.63, 3.8) is 0 Å². The monoisotopic (exact) mass is 330 g/mol. The van der Waals surface area contributed by atoms with Crippen LogP contribution in [0.5, 0.6) is 0 Å². The molecule has 1 heterocycles. The Kier molecular flexibility index (Phi) is 3.07. The van der Waals surface area contributed by atoms with E-state index in [2.05, 4.69) is 17.5 Å². The van der Waals surface area contributed by atoms with Crippen LogP contribution in [0.15, 0.2) is 66.7 Å². The number of anilines is 3. The number of rotatable bonds is 3. The lowest BCUT2D eigenvalue weighted by Gasteiger charge is -2.18. The van der Waals surface area contributed by atoms with E-state index >= 15 is 0 Å². The van der Waals surface area contributed by atoms with Crippen molar-refractivity contribution in [1.82, 2.24) is 0 Å². The highest BCUT2D eigenvalue weighted by Crippen LogP contribution is 2.53. The van der Waals surface area contributed by atoms with Gasteiger partial charge in [0.05, 0.1) is 17.5 Å². The molecule has 1 saturated heterocycles. The first kappa shape index (κ1) is 14.5. The van der Waals surface area contributed by atoms with Crippen LogP contribution in [0, 0.1) is 23.7 Å². The van der Waals surface area contributed by atoms with Crippen molar-refractivity contribution < 1.29 is 9.59 Å². The lowest BCUT2D eigenvalue weighted by Crippen LogP contribution is -2.32. The van der Waals surface area contributed by atoms with Crippen molar-refractivity contribution in [2.45, 2.75) is 6.42 Å². The van der Waals surface area contributed by atoms with Gasteiger partial charge in [-0.3, -0.25) is 14.5 Å². The summed E-state index contributed by atoms with van der Waals surface area (Å²) in [7, 11) is 0. The molecule has 0 aromatic heterocycles. The molecule has 2 aliphatic carbocycles. The smallest absolute Gasteiger partial charge is 0.238 e. The molecular weight excluding hydrogens is 312 g/mol. The zero-order chi connectivity index (χ0) is 17.0. The zero-order valence-electron chi connectivity index (χ0n) is 13.6. The maximum Gasteiger partial charge on any atom is 0.238 e. The fraction of sp³-hybridized carbons (Fsp3) is 0.238. The summed E-state index contributed by atoms with van der Waals surface area (Å²) in [5.41, 5.74) is 2.60. The van der Waals surface area contributed by atoms with Crippen LogP contribution < -0.4 is 10.2 Å². The molecule has 2 aromatic rings. The van der Waals surface area contributed by atoms with Crippen LogP contribution in [0.2, 0.25) is 0 Å². The number of fused-ring (bicyclic) bond motifs is 5. The van der Waals surface area contributed by atoms with Crippen molar-refractivity contribution in [3.8, 4) is 0 Å². The average molecular weight is 330 g/mol. The number of carbonyl (C=O) groups excluding carboxylic acids is 2. The molecule has 0 radical (unpaired) electrons. The third-order valence-electron chi connectivity index (χ3n) is 5.66. The predicted molar refractivity (Wildman–Crippen MR) is 96.4 cm³/mol. The van der Waals surface area contributed by atoms with Gasteiger partial charge >= 0.3 is 0 Å². The number of amides is 2. The molecule has 4 atom stereocenters. The van der Waals surface area contributed by atoms with E-state index in [-0.39, 0.29) is 35.5 Å². The van der Waals surface area contributed by atoms with Gasteiger partial charge in [-0.1, -0.05) is 30.4 Å². The highest BCUT2D eigenvalue weighted by atomic mass is 16.2. The van der Waals surface area contributed by atoms with Crippen molar-refractivity contribution in [3.05, 3.63) is 66.7 Å². The molecule has 1 saturated carbocycles. The minimum Gasteiger partial charge on any atom is -0.356 e. The summed E-state index contributed by atoms with van der Waals surface area (Å²) in [5.74, 6) is 0.131. The van der Waals surface area contributed by atoms with Crippen LogP contribution >= 0.6 is 0 Å². The van der Waals surface area contributed by atoms with Gasteiger partial charge in [-0.15, -0.1) is 0 Å². The van der Waals surface area contributed by atoms with Crippen molar-refractivity contribution in [1.29, 1.82) is 0 Å². The number of para-hydroxylation sites is 1. The predicted octanol–water partition coefficient (Wildman–Crippen LogP) is 3.74. The van der Waals surface area contributed by atoms with E-state index in [0.717, 1.165) is 17.8 Å². The van der Waals surface area contributed by atoms with E-state index in [1.807, 2.05) is 54.6 Å². The van der Waals surface area contributed by atoms with E-state index in [1.54, 1.807) is 0 Å². The molecule has 3 aliphatic rings. The van der Waals surface area contributed by atoms with Crippen LogP contribution in [0.4, 0.5) is 17.1 Å². The van der Waals surface area contributed by atoms with Crippen molar-refractivity contribution in [2.75, 3.05) is 10.2 Å². The number of nitrogens with zero attached hydrogens (tertiary/aromatic N) is 1. The largest absolute Gasteiger partial charge is 0.356 e. The topological polar surface area (TPSA) is 49.4 Å². The summed E-state index contributed by atoms with van der Waals surface area (Å²) in [6, 6.07) is 17.4. The molecular formula is C21H18N2O2. The summed E-state index contributed by atoms with van der Waals surface area (Å²) >= 11 is 0. The summed E-state index contributed by atoms with van der Waals surface area (Å²) in [5, 5.41) is 3.31. The highest BCUT2D eigenvalue weighted by molar-refractivity contribution is 6.22. The number of imide groups is 1. The van der Waals surface area contributed by atoms with Crippen LogP contribution in [-0.2, 0) is 9.59 Å². The van der Waals surface area contributed by atoms with Gasteiger partial charge in [0, 0.05) is 11.4 Å². The van der Waals surface area contributed by atoms with Crippen molar-refractivity contribution in [2.24, 2.45) is 23.7 Å². The molecule has 2 fully saturated rings. The Morgan fingerprint density at radius 3 is 1.92 bits per heavy atom. The third kappa shape index (κ3) is 2.14. The highest BCUT2D eigenvalue weighted by Gasteiger charge is 2.59. The molecule has 2 bridgehead atoms. The number of hydrogen-bond donors (Lipinski definition) is 1. The Balaban J connectivity index is 1.39. The molecule has 4 nitrogen and oxygen atoms in total. The molecule has 1 aliphatic heterocycles. The molecule has 4 unspecified atom stereocenters. The molecule has 0 spiro atoms. The van der Waals surface area contributed by atoms with Gasteiger partial charge < -0.3 is 5.32 Å². The Bertz CT molecular complexity index is 843. The maximum atomic E-state index is 12.8.